The number of carboxylic acids is 1. The van der Waals surface area contributed by atoms with E-state index in [0.717, 1.165) is 11.8 Å². The fourth-order valence-corrected chi connectivity index (χ4v) is 1.47. The maximum atomic E-state index is 10.8. The average Bonchev–Trinajstić information content (AvgIpc) is 2.04. The van der Waals surface area contributed by atoms with Gasteiger partial charge in [0.05, 0.1) is 12.4 Å². The van der Waals surface area contributed by atoms with Crippen molar-refractivity contribution in [1.29, 1.82) is 0 Å². The minimum atomic E-state index is -1.79. The van der Waals surface area contributed by atoms with Crippen LogP contribution in [-0.2, 0) is 14.3 Å². The summed E-state index contributed by atoms with van der Waals surface area (Å²) in [5, 5.41) is 17.8. The van der Waals surface area contributed by atoms with Crippen molar-refractivity contribution in [2.75, 3.05) is 18.1 Å². The van der Waals surface area contributed by atoms with Gasteiger partial charge in [0.2, 0.25) is 0 Å². The number of ether oxygens (including phenoxy) is 1. The van der Waals surface area contributed by atoms with Crippen molar-refractivity contribution in [2.24, 2.45) is 0 Å². The number of aliphatic carboxylic acids is 1. The predicted molar refractivity (Wildman–Crippen MR) is 52.2 cm³/mol. The second-order valence-electron chi connectivity index (χ2n) is 2.88. The molecule has 6 heteroatoms. The van der Waals surface area contributed by atoms with Crippen LogP contribution in [0.4, 0.5) is 0 Å². The first-order valence-electron chi connectivity index (χ1n) is 4.09. The number of aliphatic hydroxyl groups is 1. The number of carboxylic acid groups (broad SMARTS) is 1. The second kappa shape index (κ2) is 5.87. The SMILES string of the molecule is CCOC(=O)CSCC(C)(O)C(=O)O. The normalized spacial score (nSPS) is 14.5. The van der Waals surface area contributed by atoms with Crippen LogP contribution < -0.4 is 0 Å². The van der Waals surface area contributed by atoms with Crippen LogP contribution in [-0.4, -0.2) is 45.9 Å². The molecule has 1 unspecified atom stereocenters. The lowest BCUT2D eigenvalue weighted by molar-refractivity contribution is -0.154. The van der Waals surface area contributed by atoms with Gasteiger partial charge in [-0.3, -0.25) is 4.79 Å². The molecular weight excluding hydrogens is 208 g/mol. The summed E-state index contributed by atoms with van der Waals surface area (Å²) in [7, 11) is 0. The van der Waals surface area contributed by atoms with Crippen LogP contribution in [0.15, 0.2) is 0 Å². The van der Waals surface area contributed by atoms with Crippen molar-refractivity contribution < 1.29 is 24.5 Å². The summed E-state index contributed by atoms with van der Waals surface area (Å²) in [6, 6.07) is 0. The van der Waals surface area contributed by atoms with Crippen molar-refractivity contribution in [3.8, 4) is 0 Å². The van der Waals surface area contributed by atoms with Gasteiger partial charge >= 0.3 is 11.9 Å². The first-order chi connectivity index (χ1) is 6.40. The number of hydrogen-bond donors (Lipinski definition) is 2. The van der Waals surface area contributed by atoms with Crippen LogP contribution in [0.1, 0.15) is 13.8 Å². The molecule has 82 valence electrons. The molecule has 0 radical (unpaired) electrons. The highest BCUT2D eigenvalue weighted by Gasteiger charge is 2.29. The van der Waals surface area contributed by atoms with E-state index in [1.165, 1.54) is 6.92 Å². The van der Waals surface area contributed by atoms with Gasteiger partial charge in [0, 0.05) is 5.75 Å². The van der Waals surface area contributed by atoms with Crippen molar-refractivity contribution in [3.05, 3.63) is 0 Å². The van der Waals surface area contributed by atoms with E-state index >= 15 is 0 Å². The van der Waals surface area contributed by atoms with Crippen LogP contribution in [0.5, 0.6) is 0 Å². The molecule has 0 aromatic carbocycles. The van der Waals surface area contributed by atoms with E-state index in [1.807, 2.05) is 0 Å². The Labute approximate surface area is 86.4 Å². The Kier molecular flexibility index (Phi) is 5.56. The molecule has 0 aliphatic carbocycles. The average molecular weight is 222 g/mol. The topological polar surface area (TPSA) is 83.8 Å². The Morgan fingerprint density at radius 1 is 1.50 bits per heavy atom. The standard InChI is InChI=1S/C8H14O5S/c1-3-13-6(9)4-14-5-8(2,12)7(10)11/h12H,3-5H2,1-2H3,(H,10,11). The minimum Gasteiger partial charge on any atom is -0.479 e. The van der Waals surface area contributed by atoms with E-state index in [-0.39, 0.29) is 11.5 Å². The molecule has 2 N–H and O–H groups in total. The van der Waals surface area contributed by atoms with Gasteiger partial charge in [-0.25, -0.2) is 4.79 Å². The summed E-state index contributed by atoms with van der Waals surface area (Å²) in [4.78, 5) is 21.3. The summed E-state index contributed by atoms with van der Waals surface area (Å²) >= 11 is 1.03. The maximum Gasteiger partial charge on any atom is 0.336 e. The van der Waals surface area contributed by atoms with Crippen molar-refractivity contribution in [2.45, 2.75) is 19.4 Å². The molecule has 0 saturated carbocycles. The lowest BCUT2D eigenvalue weighted by atomic mass is 10.1. The Hall–Kier alpha value is -0.750. The van der Waals surface area contributed by atoms with Crippen LogP contribution in [0, 0.1) is 0 Å². The summed E-state index contributed by atoms with van der Waals surface area (Å²) in [5.41, 5.74) is -1.79. The zero-order chi connectivity index (χ0) is 11.2. The molecule has 0 bridgehead atoms. The molecular formula is C8H14O5S. The quantitative estimate of drug-likeness (QED) is 0.621. The molecule has 0 aromatic rings. The van der Waals surface area contributed by atoms with Gasteiger partial charge in [-0.05, 0) is 13.8 Å². The summed E-state index contributed by atoms with van der Waals surface area (Å²) in [6.45, 7) is 3.18. The van der Waals surface area contributed by atoms with E-state index in [2.05, 4.69) is 4.74 Å². The first-order valence-corrected chi connectivity index (χ1v) is 5.24. The number of rotatable bonds is 6. The zero-order valence-corrected chi connectivity index (χ0v) is 8.97. The number of carbonyl (C=O) groups is 2. The Morgan fingerprint density at radius 2 is 2.07 bits per heavy atom. The monoisotopic (exact) mass is 222 g/mol. The van der Waals surface area contributed by atoms with Gasteiger partial charge in [0.15, 0.2) is 5.60 Å². The smallest absolute Gasteiger partial charge is 0.336 e. The summed E-state index contributed by atoms with van der Waals surface area (Å²) in [6.07, 6.45) is 0. The third-order valence-corrected chi connectivity index (χ3v) is 2.58. The number of hydrogen-bond acceptors (Lipinski definition) is 5. The molecule has 0 aliphatic heterocycles. The molecule has 1 atom stereocenters. The number of thioether (sulfide) groups is 1. The van der Waals surface area contributed by atoms with E-state index in [4.69, 9.17) is 5.11 Å². The second-order valence-corrected chi connectivity index (χ2v) is 3.86. The van der Waals surface area contributed by atoms with Crippen molar-refractivity contribution >= 4 is 23.7 Å². The van der Waals surface area contributed by atoms with Gasteiger partial charge in [-0.1, -0.05) is 0 Å². The van der Waals surface area contributed by atoms with Crippen LogP contribution in [0.3, 0.4) is 0 Å². The largest absolute Gasteiger partial charge is 0.479 e. The van der Waals surface area contributed by atoms with Crippen molar-refractivity contribution in [3.63, 3.8) is 0 Å². The molecule has 0 heterocycles. The first kappa shape index (κ1) is 13.2. The Morgan fingerprint density at radius 3 is 2.50 bits per heavy atom. The van der Waals surface area contributed by atoms with Crippen LogP contribution >= 0.6 is 11.8 Å². The maximum absolute atomic E-state index is 10.8. The summed E-state index contributed by atoms with van der Waals surface area (Å²) < 4.78 is 4.63. The molecule has 0 rings (SSSR count). The van der Waals surface area contributed by atoms with Gasteiger partial charge in [0.25, 0.3) is 0 Å². The highest BCUT2D eigenvalue weighted by Crippen LogP contribution is 2.13. The lowest BCUT2D eigenvalue weighted by Crippen LogP contribution is -2.37. The third-order valence-electron chi connectivity index (χ3n) is 1.37. The fourth-order valence-electron chi connectivity index (χ4n) is 0.597. The number of esters is 1. The van der Waals surface area contributed by atoms with E-state index in [9.17, 15) is 14.7 Å². The molecule has 0 aromatic heterocycles. The van der Waals surface area contributed by atoms with Crippen molar-refractivity contribution in [1.82, 2.24) is 0 Å². The minimum absolute atomic E-state index is 0.0405. The predicted octanol–water partition coefficient (Wildman–Crippen LogP) is 0.118. The lowest BCUT2D eigenvalue weighted by Gasteiger charge is -2.16. The number of carbonyl (C=O) groups excluding carboxylic acids is 1. The van der Waals surface area contributed by atoms with Crippen LogP contribution in [0.2, 0.25) is 0 Å². The zero-order valence-electron chi connectivity index (χ0n) is 8.15. The molecule has 0 saturated heterocycles. The highest BCUT2D eigenvalue weighted by molar-refractivity contribution is 8.00. The van der Waals surface area contributed by atoms with E-state index in [0.29, 0.717) is 6.61 Å². The molecule has 0 amide bonds. The Bertz CT molecular complexity index is 214. The van der Waals surface area contributed by atoms with E-state index < -0.39 is 17.5 Å². The van der Waals surface area contributed by atoms with Gasteiger partial charge in [-0.15, -0.1) is 11.8 Å². The molecule has 5 nitrogen and oxygen atoms in total. The molecule has 0 spiro atoms. The fraction of sp³-hybridized carbons (Fsp3) is 0.750. The van der Waals surface area contributed by atoms with Gasteiger partial charge in [0.1, 0.15) is 0 Å². The molecule has 0 aliphatic rings. The third kappa shape index (κ3) is 5.08. The summed E-state index contributed by atoms with van der Waals surface area (Å²) in [5.74, 6) is -1.69. The van der Waals surface area contributed by atoms with E-state index in [1.54, 1.807) is 6.92 Å². The highest BCUT2D eigenvalue weighted by atomic mass is 32.2. The van der Waals surface area contributed by atoms with Gasteiger partial charge in [-0.2, -0.15) is 0 Å². The van der Waals surface area contributed by atoms with Gasteiger partial charge < -0.3 is 14.9 Å². The van der Waals surface area contributed by atoms with Crippen LogP contribution in [0.25, 0.3) is 0 Å². The molecule has 14 heavy (non-hydrogen) atoms. The Balaban J connectivity index is 3.74. The molecule has 0 fully saturated rings.